The van der Waals surface area contributed by atoms with Crippen LogP contribution in [-0.2, 0) is 24.1 Å². The first-order valence-electron chi connectivity index (χ1n) is 8.38. The molecule has 0 radical (unpaired) electrons. The first-order valence-corrected chi connectivity index (χ1v) is 9.26. The van der Waals surface area contributed by atoms with Gasteiger partial charge in [0, 0.05) is 23.7 Å². The summed E-state index contributed by atoms with van der Waals surface area (Å²) in [7, 11) is 0. The number of pyridine rings is 1. The van der Waals surface area contributed by atoms with Gasteiger partial charge in [-0.3, -0.25) is 9.78 Å². The Morgan fingerprint density at radius 1 is 1.08 bits per heavy atom. The fourth-order valence-corrected chi connectivity index (χ4v) is 3.41. The lowest BCUT2D eigenvalue weighted by molar-refractivity contribution is -0.121. The van der Waals surface area contributed by atoms with Gasteiger partial charge in [0.1, 0.15) is 0 Å². The highest BCUT2D eigenvalue weighted by Crippen LogP contribution is 2.14. The summed E-state index contributed by atoms with van der Waals surface area (Å²) < 4.78 is 0. The summed E-state index contributed by atoms with van der Waals surface area (Å²) in [6, 6.07) is 15.9. The van der Waals surface area contributed by atoms with Gasteiger partial charge >= 0.3 is 0 Å². The normalized spacial score (nSPS) is 11.9. The van der Waals surface area contributed by atoms with Gasteiger partial charge in [-0.25, -0.2) is 4.98 Å². The molecule has 0 fully saturated rings. The van der Waals surface area contributed by atoms with Gasteiger partial charge in [0.2, 0.25) is 5.91 Å². The Morgan fingerprint density at radius 3 is 2.64 bits per heavy atom. The van der Waals surface area contributed by atoms with Crippen molar-refractivity contribution in [3.05, 3.63) is 82.1 Å². The zero-order valence-electron chi connectivity index (χ0n) is 14.2. The highest BCUT2D eigenvalue weighted by Gasteiger charge is 2.12. The quantitative estimate of drug-likeness (QED) is 0.705. The van der Waals surface area contributed by atoms with Crippen molar-refractivity contribution in [2.45, 2.75) is 32.2 Å². The highest BCUT2D eigenvalue weighted by atomic mass is 32.1. The molecule has 0 aliphatic carbocycles. The molecular weight excluding hydrogens is 330 g/mol. The molecule has 1 amide bonds. The van der Waals surface area contributed by atoms with Crippen molar-refractivity contribution in [1.82, 2.24) is 15.3 Å². The smallest absolute Gasteiger partial charge is 0.226 e. The van der Waals surface area contributed by atoms with Crippen molar-refractivity contribution < 1.29 is 4.79 Å². The Labute approximate surface area is 152 Å². The van der Waals surface area contributed by atoms with Crippen molar-refractivity contribution in [2.75, 3.05) is 0 Å². The van der Waals surface area contributed by atoms with Gasteiger partial charge in [0.25, 0.3) is 0 Å². The topological polar surface area (TPSA) is 54.9 Å². The average Bonchev–Trinajstić information content (AvgIpc) is 3.08. The molecule has 1 atom stereocenters. The fourth-order valence-electron chi connectivity index (χ4n) is 2.61. The highest BCUT2D eigenvalue weighted by molar-refractivity contribution is 7.09. The number of hydrogen-bond acceptors (Lipinski definition) is 4. The molecule has 0 aliphatic rings. The number of aryl methyl sites for hydroxylation is 2. The van der Waals surface area contributed by atoms with Crippen LogP contribution in [0, 0.1) is 0 Å². The standard InChI is InChI=1S/C20H21N3OS/c1-15(16-7-3-2-4-8-16)22-19(24)13-18-14-25-20(23-18)11-10-17-9-5-6-12-21-17/h2-9,12,14-15H,10-11,13H2,1H3,(H,22,24). The zero-order chi connectivity index (χ0) is 17.5. The summed E-state index contributed by atoms with van der Waals surface area (Å²) in [5, 5.41) is 6.05. The predicted octanol–water partition coefficient (Wildman–Crippen LogP) is 3.74. The van der Waals surface area contributed by atoms with E-state index in [1.165, 1.54) is 0 Å². The lowest BCUT2D eigenvalue weighted by Gasteiger charge is -2.13. The van der Waals surface area contributed by atoms with E-state index in [0.717, 1.165) is 34.8 Å². The number of nitrogens with zero attached hydrogens (tertiary/aromatic N) is 2. The maximum atomic E-state index is 12.2. The first-order chi connectivity index (χ1) is 12.2. The Hall–Kier alpha value is -2.53. The van der Waals surface area contributed by atoms with E-state index in [2.05, 4.69) is 15.3 Å². The van der Waals surface area contributed by atoms with E-state index in [9.17, 15) is 4.79 Å². The second-order valence-corrected chi connectivity index (χ2v) is 6.87. The van der Waals surface area contributed by atoms with Crippen LogP contribution >= 0.6 is 11.3 Å². The third-order valence-corrected chi connectivity index (χ3v) is 4.90. The molecule has 0 bridgehead atoms. The molecule has 5 heteroatoms. The zero-order valence-corrected chi connectivity index (χ0v) is 15.0. The van der Waals surface area contributed by atoms with Crippen molar-refractivity contribution in [2.24, 2.45) is 0 Å². The molecule has 1 aromatic carbocycles. The van der Waals surface area contributed by atoms with E-state index in [0.29, 0.717) is 6.42 Å². The van der Waals surface area contributed by atoms with E-state index < -0.39 is 0 Å². The molecule has 0 aliphatic heterocycles. The van der Waals surface area contributed by atoms with Gasteiger partial charge in [0.15, 0.2) is 0 Å². The summed E-state index contributed by atoms with van der Waals surface area (Å²) in [6.07, 6.45) is 3.84. The van der Waals surface area contributed by atoms with E-state index in [1.807, 2.05) is 60.8 Å². The largest absolute Gasteiger partial charge is 0.349 e. The van der Waals surface area contributed by atoms with Crippen molar-refractivity contribution >= 4 is 17.2 Å². The van der Waals surface area contributed by atoms with Gasteiger partial charge in [0.05, 0.1) is 23.2 Å². The number of carbonyl (C=O) groups is 1. The first kappa shape index (κ1) is 17.3. The monoisotopic (exact) mass is 351 g/mol. The molecule has 0 spiro atoms. The second kappa shape index (κ2) is 8.53. The Balaban J connectivity index is 1.50. The molecule has 3 aromatic rings. The van der Waals surface area contributed by atoms with Crippen LogP contribution in [0.2, 0.25) is 0 Å². The minimum atomic E-state index is -0.00374. The molecule has 0 saturated carbocycles. The van der Waals surface area contributed by atoms with E-state index >= 15 is 0 Å². The molecule has 2 heterocycles. The SMILES string of the molecule is CC(NC(=O)Cc1csc(CCc2ccccn2)n1)c1ccccc1. The summed E-state index contributed by atoms with van der Waals surface area (Å²) in [6.45, 7) is 1.99. The van der Waals surface area contributed by atoms with Gasteiger partial charge in [-0.15, -0.1) is 11.3 Å². The van der Waals surface area contributed by atoms with Crippen LogP contribution in [-0.4, -0.2) is 15.9 Å². The molecule has 0 saturated heterocycles. The molecular formula is C20H21N3OS. The summed E-state index contributed by atoms with van der Waals surface area (Å²) in [5.74, 6) is -0.00192. The van der Waals surface area contributed by atoms with Gasteiger partial charge < -0.3 is 5.32 Å². The third kappa shape index (κ3) is 5.22. The molecule has 1 N–H and O–H groups in total. The van der Waals surface area contributed by atoms with Gasteiger partial charge in [-0.1, -0.05) is 36.4 Å². The summed E-state index contributed by atoms with van der Waals surface area (Å²) >= 11 is 1.61. The Morgan fingerprint density at radius 2 is 1.88 bits per heavy atom. The van der Waals surface area contributed by atoms with Crippen molar-refractivity contribution in [3.63, 3.8) is 0 Å². The number of thiazole rings is 1. The maximum Gasteiger partial charge on any atom is 0.226 e. The Bertz CT molecular complexity index is 802. The maximum absolute atomic E-state index is 12.2. The molecule has 128 valence electrons. The number of hydrogen-bond donors (Lipinski definition) is 1. The van der Waals surface area contributed by atoms with E-state index in [4.69, 9.17) is 0 Å². The fraction of sp³-hybridized carbons (Fsp3) is 0.250. The summed E-state index contributed by atoms with van der Waals surface area (Å²) in [5.41, 5.74) is 3.00. The van der Waals surface area contributed by atoms with E-state index in [1.54, 1.807) is 17.5 Å². The van der Waals surface area contributed by atoms with Crippen LogP contribution in [0.4, 0.5) is 0 Å². The molecule has 2 aromatic heterocycles. The molecule has 3 rings (SSSR count). The van der Waals surface area contributed by atoms with Gasteiger partial charge in [-0.2, -0.15) is 0 Å². The lowest BCUT2D eigenvalue weighted by Crippen LogP contribution is -2.28. The minimum absolute atomic E-state index is 0.00192. The van der Waals surface area contributed by atoms with Crippen LogP contribution in [0.15, 0.2) is 60.1 Å². The van der Waals surface area contributed by atoms with Crippen molar-refractivity contribution in [1.29, 1.82) is 0 Å². The van der Waals surface area contributed by atoms with Crippen LogP contribution in [0.25, 0.3) is 0 Å². The molecule has 25 heavy (non-hydrogen) atoms. The average molecular weight is 351 g/mol. The number of amides is 1. The Kier molecular flexibility index (Phi) is 5.90. The molecule has 4 nitrogen and oxygen atoms in total. The number of carbonyl (C=O) groups excluding carboxylic acids is 1. The van der Waals surface area contributed by atoms with Crippen LogP contribution in [0.3, 0.4) is 0 Å². The number of aromatic nitrogens is 2. The minimum Gasteiger partial charge on any atom is -0.349 e. The second-order valence-electron chi connectivity index (χ2n) is 5.93. The number of nitrogens with one attached hydrogen (secondary N) is 1. The van der Waals surface area contributed by atoms with Crippen LogP contribution in [0.1, 0.15) is 34.9 Å². The van der Waals surface area contributed by atoms with Gasteiger partial charge in [-0.05, 0) is 31.0 Å². The summed E-state index contributed by atoms with van der Waals surface area (Å²) in [4.78, 5) is 21.1. The van der Waals surface area contributed by atoms with Crippen LogP contribution in [0.5, 0.6) is 0 Å². The number of benzene rings is 1. The van der Waals surface area contributed by atoms with E-state index in [-0.39, 0.29) is 11.9 Å². The predicted molar refractivity (Wildman–Crippen MR) is 100 cm³/mol. The number of rotatable bonds is 7. The van der Waals surface area contributed by atoms with Crippen LogP contribution < -0.4 is 5.32 Å². The molecule has 1 unspecified atom stereocenters. The van der Waals surface area contributed by atoms with Crippen molar-refractivity contribution in [3.8, 4) is 0 Å². The third-order valence-electron chi connectivity index (χ3n) is 3.94. The lowest BCUT2D eigenvalue weighted by atomic mass is 10.1.